The summed E-state index contributed by atoms with van der Waals surface area (Å²) >= 11 is 0. The molecule has 0 radical (unpaired) electrons. The average Bonchev–Trinajstić information content (AvgIpc) is 2.60. The molecule has 1 aliphatic rings. The van der Waals surface area contributed by atoms with Crippen molar-refractivity contribution in [1.29, 1.82) is 0 Å². The number of aryl methyl sites for hydroxylation is 2. The molecular weight excluding hydrogens is 246 g/mol. The van der Waals surface area contributed by atoms with Gasteiger partial charge < -0.3 is 5.32 Å². The summed E-state index contributed by atoms with van der Waals surface area (Å²) in [6, 6.07) is 0.705. The van der Waals surface area contributed by atoms with Gasteiger partial charge in [0, 0.05) is 30.9 Å². The second-order valence-corrected chi connectivity index (χ2v) is 6.51. The van der Waals surface area contributed by atoms with E-state index in [2.05, 4.69) is 31.2 Å². The highest BCUT2D eigenvalue weighted by molar-refractivity contribution is 5.24. The lowest BCUT2D eigenvalue weighted by atomic mass is 9.95. The number of nitrogens with one attached hydrogen (secondary N) is 1. The van der Waals surface area contributed by atoms with E-state index in [1.165, 1.54) is 61.9 Å². The molecule has 1 aliphatic carbocycles. The number of rotatable bonds is 5. The van der Waals surface area contributed by atoms with Gasteiger partial charge in [0.05, 0.1) is 5.69 Å². The molecule has 0 aliphatic heterocycles. The highest BCUT2D eigenvalue weighted by Gasteiger charge is 2.19. The fourth-order valence-corrected chi connectivity index (χ4v) is 3.60. The van der Waals surface area contributed by atoms with Crippen LogP contribution >= 0.6 is 0 Å². The Morgan fingerprint density at radius 3 is 2.65 bits per heavy atom. The third kappa shape index (κ3) is 3.85. The lowest BCUT2D eigenvalue weighted by molar-refractivity contribution is 0.409. The van der Waals surface area contributed by atoms with Crippen LogP contribution in [0.15, 0.2) is 0 Å². The molecule has 0 saturated heterocycles. The van der Waals surface area contributed by atoms with Crippen LogP contribution in [0.2, 0.25) is 0 Å². The van der Waals surface area contributed by atoms with Gasteiger partial charge in [-0.05, 0) is 39.0 Å². The van der Waals surface area contributed by atoms with Gasteiger partial charge in [-0.2, -0.15) is 5.10 Å². The predicted octanol–water partition coefficient (Wildman–Crippen LogP) is 3.88. The van der Waals surface area contributed by atoms with Crippen LogP contribution in [-0.4, -0.2) is 15.8 Å². The Morgan fingerprint density at radius 1 is 1.20 bits per heavy atom. The minimum absolute atomic E-state index is 0.705. The second kappa shape index (κ2) is 7.26. The van der Waals surface area contributed by atoms with E-state index >= 15 is 0 Å². The number of hydrogen-bond donors (Lipinski definition) is 1. The molecule has 114 valence electrons. The third-order valence-corrected chi connectivity index (χ3v) is 5.01. The summed E-state index contributed by atoms with van der Waals surface area (Å²) < 4.78 is 2.00. The van der Waals surface area contributed by atoms with Crippen LogP contribution < -0.4 is 5.32 Å². The largest absolute Gasteiger partial charge is 0.310 e. The van der Waals surface area contributed by atoms with Crippen molar-refractivity contribution in [3.8, 4) is 0 Å². The van der Waals surface area contributed by atoms with Crippen molar-refractivity contribution in [2.24, 2.45) is 13.0 Å². The molecular formula is C17H31N3. The Bertz CT molecular complexity index is 422. The maximum atomic E-state index is 4.51. The summed E-state index contributed by atoms with van der Waals surface area (Å²) in [5.74, 6) is 0.980. The van der Waals surface area contributed by atoms with Crippen molar-refractivity contribution >= 4 is 0 Å². The summed E-state index contributed by atoms with van der Waals surface area (Å²) in [7, 11) is 2.03. The average molecular weight is 277 g/mol. The zero-order valence-corrected chi connectivity index (χ0v) is 13.7. The molecule has 0 aromatic carbocycles. The lowest BCUT2D eigenvalue weighted by Crippen LogP contribution is -2.28. The fraction of sp³-hybridized carbons (Fsp3) is 0.824. The van der Waals surface area contributed by atoms with Crippen molar-refractivity contribution in [3.63, 3.8) is 0 Å². The second-order valence-electron chi connectivity index (χ2n) is 6.51. The van der Waals surface area contributed by atoms with Gasteiger partial charge in [0.1, 0.15) is 0 Å². The Hall–Kier alpha value is -0.830. The number of nitrogens with zero attached hydrogens (tertiary/aromatic N) is 2. The van der Waals surface area contributed by atoms with E-state index in [-0.39, 0.29) is 0 Å². The van der Waals surface area contributed by atoms with Gasteiger partial charge in [-0.1, -0.05) is 32.6 Å². The van der Waals surface area contributed by atoms with Gasteiger partial charge in [0.25, 0.3) is 0 Å². The van der Waals surface area contributed by atoms with E-state index in [0.717, 1.165) is 12.5 Å². The minimum atomic E-state index is 0.705. The summed E-state index contributed by atoms with van der Waals surface area (Å²) in [6.45, 7) is 7.58. The van der Waals surface area contributed by atoms with Crippen LogP contribution in [0.25, 0.3) is 0 Å². The molecule has 2 unspecified atom stereocenters. The van der Waals surface area contributed by atoms with Gasteiger partial charge in [0.15, 0.2) is 0 Å². The van der Waals surface area contributed by atoms with E-state index in [1.54, 1.807) is 0 Å². The van der Waals surface area contributed by atoms with Crippen molar-refractivity contribution < 1.29 is 0 Å². The number of aromatic nitrogens is 2. The lowest BCUT2D eigenvalue weighted by Gasteiger charge is -2.17. The normalized spacial score (nSPS) is 23.8. The van der Waals surface area contributed by atoms with Gasteiger partial charge in [0.2, 0.25) is 0 Å². The fourth-order valence-electron chi connectivity index (χ4n) is 3.60. The van der Waals surface area contributed by atoms with E-state index in [4.69, 9.17) is 0 Å². The Morgan fingerprint density at radius 2 is 2.00 bits per heavy atom. The standard InChI is InChI=1S/C17H31N3/c1-5-7-15-8-6-9-16(11-10-15)18-12-17-13(2)19-20(4)14(17)3/h15-16,18H,5-12H2,1-4H3. The maximum Gasteiger partial charge on any atom is 0.0641 e. The summed E-state index contributed by atoms with van der Waals surface area (Å²) in [6.07, 6.45) is 9.72. The molecule has 1 aromatic rings. The van der Waals surface area contributed by atoms with Crippen molar-refractivity contribution in [2.75, 3.05) is 0 Å². The molecule has 2 atom stereocenters. The SMILES string of the molecule is CCCC1CCCC(NCc2c(C)nn(C)c2C)CC1. The van der Waals surface area contributed by atoms with E-state index in [0.29, 0.717) is 6.04 Å². The van der Waals surface area contributed by atoms with Crippen LogP contribution in [0.3, 0.4) is 0 Å². The van der Waals surface area contributed by atoms with E-state index in [9.17, 15) is 0 Å². The highest BCUT2D eigenvalue weighted by atomic mass is 15.3. The Labute approximate surface area is 124 Å². The Kier molecular flexibility index (Phi) is 5.64. The molecule has 20 heavy (non-hydrogen) atoms. The predicted molar refractivity (Wildman–Crippen MR) is 84.8 cm³/mol. The van der Waals surface area contributed by atoms with E-state index in [1.807, 2.05) is 11.7 Å². The van der Waals surface area contributed by atoms with Gasteiger partial charge in [-0.25, -0.2) is 0 Å². The first kappa shape index (κ1) is 15.6. The van der Waals surface area contributed by atoms with Gasteiger partial charge in [-0.15, -0.1) is 0 Å². The van der Waals surface area contributed by atoms with Crippen LogP contribution in [0.5, 0.6) is 0 Å². The first-order chi connectivity index (χ1) is 9.61. The topological polar surface area (TPSA) is 29.9 Å². The van der Waals surface area contributed by atoms with Crippen molar-refractivity contribution in [1.82, 2.24) is 15.1 Å². The first-order valence-corrected chi connectivity index (χ1v) is 8.34. The molecule has 1 heterocycles. The monoisotopic (exact) mass is 277 g/mol. The molecule has 2 rings (SSSR count). The quantitative estimate of drug-likeness (QED) is 0.828. The molecule has 1 N–H and O–H groups in total. The smallest absolute Gasteiger partial charge is 0.0641 e. The van der Waals surface area contributed by atoms with Gasteiger partial charge in [-0.3, -0.25) is 4.68 Å². The zero-order chi connectivity index (χ0) is 14.5. The number of hydrogen-bond acceptors (Lipinski definition) is 2. The molecule has 3 heteroatoms. The molecule has 1 saturated carbocycles. The zero-order valence-electron chi connectivity index (χ0n) is 13.7. The van der Waals surface area contributed by atoms with Crippen LogP contribution in [0, 0.1) is 19.8 Å². The molecule has 1 aromatic heterocycles. The van der Waals surface area contributed by atoms with Crippen LogP contribution in [0.4, 0.5) is 0 Å². The third-order valence-electron chi connectivity index (χ3n) is 5.01. The molecule has 1 fully saturated rings. The Balaban J connectivity index is 1.85. The molecule has 0 bridgehead atoms. The molecule has 3 nitrogen and oxygen atoms in total. The van der Waals surface area contributed by atoms with Crippen molar-refractivity contribution in [2.45, 2.75) is 78.3 Å². The highest BCUT2D eigenvalue weighted by Crippen LogP contribution is 2.27. The minimum Gasteiger partial charge on any atom is -0.310 e. The summed E-state index contributed by atoms with van der Waals surface area (Å²) in [5, 5.41) is 8.29. The molecule has 0 amide bonds. The summed E-state index contributed by atoms with van der Waals surface area (Å²) in [4.78, 5) is 0. The van der Waals surface area contributed by atoms with E-state index < -0.39 is 0 Å². The first-order valence-electron chi connectivity index (χ1n) is 8.34. The summed E-state index contributed by atoms with van der Waals surface area (Å²) in [5.41, 5.74) is 3.87. The van der Waals surface area contributed by atoms with Crippen LogP contribution in [-0.2, 0) is 13.6 Å². The van der Waals surface area contributed by atoms with Crippen LogP contribution in [0.1, 0.15) is 68.8 Å². The molecule has 0 spiro atoms. The maximum absolute atomic E-state index is 4.51. The van der Waals surface area contributed by atoms with Crippen molar-refractivity contribution in [3.05, 3.63) is 17.0 Å². The van der Waals surface area contributed by atoms with Gasteiger partial charge >= 0.3 is 0 Å².